The number of anilines is 1. The molecule has 0 radical (unpaired) electrons. The first kappa shape index (κ1) is 26.4. The minimum atomic E-state index is -4.11. The molecular weight excluding hydrogens is 488 g/mol. The highest BCUT2D eigenvalue weighted by atomic mass is 35.5. The fourth-order valence-corrected chi connectivity index (χ4v) is 5.11. The number of nitrogens with zero attached hydrogens (tertiary/aromatic N) is 1. The van der Waals surface area contributed by atoms with Crippen molar-refractivity contribution in [1.82, 2.24) is 5.32 Å². The van der Waals surface area contributed by atoms with E-state index in [-0.39, 0.29) is 22.4 Å². The van der Waals surface area contributed by atoms with Crippen LogP contribution in [-0.4, -0.2) is 34.6 Å². The zero-order valence-corrected chi connectivity index (χ0v) is 21.7. The monoisotopic (exact) mass is 516 g/mol. The van der Waals surface area contributed by atoms with E-state index in [0.29, 0.717) is 11.6 Å². The Balaban J connectivity index is 1.91. The van der Waals surface area contributed by atoms with Crippen molar-refractivity contribution in [3.05, 3.63) is 82.9 Å². The molecule has 0 spiro atoms. The van der Waals surface area contributed by atoms with Crippen LogP contribution in [0.25, 0.3) is 0 Å². The molecule has 0 saturated carbocycles. The summed E-state index contributed by atoms with van der Waals surface area (Å²) in [5, 5.41) is 3.19. The third kappa shape index (κ3) is 6.46. The molecule has 0 aliphatic rings. The average molecular weight is 517 g/mol. The Labute approximate surface area is 211 Å². The fraction of sp³-hybridized carbons (Fsp3) is 0.269. The van der Waals surface area contributed by atoms with E-state index in [4.69, 9.17) is 21.1 Å². The maximum absolute atomic E-state index is 13.6. The summed E-state index contributed by atoms with van der Waals surface area (Å²) >= 11 is 6.18. The van der Waals surface area contributed by atoms with Crippen LogP contribution in [0, 0.1) is 6.92 Å². The smallest absolute Gasteiger partial charge is 0.264 e. The zero-order chi connectivity index (χ0) is 25.6. The number of carbonyl (C=O) groups excluding carboxylic acids is 1. The van der Waals surface area contributed by atoms with Crippen LogP contribution < -0.4 is 19.1 Å². The van der Waals surface area contributed by atoms with Gasteiger partial charge >= 0.3 is 0 Å². The van der Waals surface area contributed by atoms with Gasteiger partial charge in [-0.15, -0.1) is 0 Å². The molecule has 9 heteroatoms. The number of hydrogen-bond donors (Lipinski definition) is 1. The molecule has 7 nitrogen and oxygen atoms in total. The molecule has 0 unspecified atom stereocenters. The van der Waals surface area contributed by atoms with Crippen molar-refractivity contribution < 1.29 is 22.7 Å². The molecule has 0 bridgehead atoms. The predicted molar refractivity (Wildman–Crippen MR) is 138 cm³/mol. The number of sulfonamides is 1. The lowest BCUT2D eigenvalue weighted by Gasteiger charge is -2.26. The number of benzene rings is 3. The summed E-state index contributed by atoms with van der Waals surface area (Å²) in [5.74, 6) is 0.528. The molecule has 0 aromatic heterocycles. The minimum Gasteiger partial charge on any atom is -0.495 e. The van der Waals surface area contributed by atoms with Crippen LogP contribution in [0.5, 0.6) is 11.5 Å². The fourth-order valence-electron chi connectivity index (χ4n) is 3.52. The highest BCUT2D eigenvalue weighted by molar-refractivity contribution is 7.92. The van der Waals surface area contributed by atoms with E-state index in [1.807, 2.05) is 45.0 Å². The van der Waals surface area contributed by atoms with Crippen molar-refractivity contribution in [3.63, 3.8) is 0 Å². The number of rotatable bonds is 10. The maximum atomic E-state index is 13.6. The molecular formula is C26H29ClN2O5S. The van der Waals surface area contributed by atoms with Gasteiger partial charge in [-0.25, -0.2) is 8.42 Å². The standard InChI is InChI=1S/C26H29ClN2O5S/c1-5-34-22-11-8-20(9-12-22)19(3)28-26(30)17-29(24-16-21(27)10-15-25(24)33-4)35(31,32)23-13-6-18(2)7-14-23/h6-16,19H,5,17H2,1-4H3,(H,28,30)/t19-/m0/s1. The van der Waals surface area contributed by atoms with Gasteiger partial charge in [-0.2, -0.15) is 0 Å². The van der Waals surface area contributed by atoms with E-state index in [1.54, 1.807) is 24.3 Å². The van der Waals surface area contributed by atoms with Gasteiger partial charge in [0.2, 0.25) is 5.91 Å². The third-order valence-electron chi connectivity index (χ3n) is 5.37. The van der Waals surface area contributed by atoms with Crippen LogP contribution in [0.15, 0.2) is 71.6 Å². The molecule has 0 aliphatic heterocycles. The van der Waals surface area contributed by atoms with Gasteiger partial charge in [-0.05, 0) is 68.8 Å². The zero-order valence-electron chi connectivity index (χ0n) is 20.1. The highest BCUT2D eigenvalue weighted by Gasteiger charge is 2.30. The lowest BCUT2D eigenvalue weighted by atomic mass is 10.1. The van der Waals surface area contributed by atoms with Gasteiger partial charge in [0.25, 0.3) is 10.0 Å². The summed E-state index contributed by atoms with van der Waals surface area (Å²) in [6.45, 7) is 5.69. The van der Waals surface area contributed by atoms with Gasteiger partial charge in [0.1, 0.15) is 18.0 Å². The summed E-state index contributed by atoms with van der Waals surface area (Å²) < 4.78 is 39.2. The lowest BCUT2D eigenvalue weighted by Crippen LogP contribution is -2.41. The quantitative estimate of drug-likeness (QED) is 0.404. The van der Waals surface area contributed by atoms with E-state index in [0.717, 1.165) is 21.2 Å². The van der Waals surface area contributed by atoms with Crippen LogP contribution in [0.1, 0.15) is 31.0 Å². The van der Waals surface area contributed by atoms with Crippen LogP contribution in [0.4, 0.5) is 5.69 Å². The summed E-state index contributed by atoms with van der Waals surface area (Å²) in [7, 11) is -2.68. The Hall–Kier alpha value is -3.23. The van der Waals surface area contributed by atoms with Gasteiger partial charge in [0.15, 0.2) is 0 Å². The molecule has 1 amide bonds. The molecule has 35 heavy (non-hydrogen) atoms. The van der Waals surface area contributed by atoms with E-state index in [2.05, 4.69) is 5.32 Å². The molecule has 1 N–H and O–H groups in total. The largest absolute Gasteiger partial charge is 0.495 e. The molecule has 3 rings (SSSR count). The van der Waals surface area contributed by atoms with Crippen LogP contribution in [-0.2, 0) is 14.8 Å². The minimum absolute atomic E-state index is 0.0532. The average Bonchev–Trinajstić information content (AvgIpc) is 2.83. The van der Waals surface area contributed by atoms with Crippen LogP contribution in [0.3, 0.4) is 0 Å². The Bertz CT molecular complexity index is 1260. The first-order valence-corrected chi connectivity index (χ1v) is 12.9. The Morgan fingerprint density at radius 3 is 2.31 bits per heavy atom. The van der Waals surface area contributed by atoms with Crippen molar-refractivity contribution in [3.8, 4) is 11.5 Å². The number of nitrogens with one attached hydrogen (secondary N) is 1. The van der Waals surface area contributed by atoms with Crippen molar-refractivity contribution in [2.24, 2.45) is 0 Å². The molecule has 1 atom stereocenters. The first-order valence-electron chi connectivity index (χ1n) is 11.1. The van der Waals surface area contributed by atoms with Crippen LogP contribution >= 0.6 is 11.6 Å². The third-order valence-corrected chi connectivity index (χ3v) is 7.38. The van der Waals surface area contributed by atoms with Crippen molar-refractivity contribution in [2.45, 2.75) is 31.7 Å². The lowest BCUT2D eigenvalue weighted by molar-refractivity contribution is -0.120. The number of ether oxygens (including phenoxy) is 2. The Morgan fingerprint density at radius 1 is 1.06 bits per heavy atom. The second-order valence-corrected chi connectivity index (χ2v) is 10.2. The van der Waals surface area contributed by atoms with Gasteiger partial charge < -0.3 is 14.8 Å². The number of hydrogen-bond acceptors (Lipinski definition) is 5. The first-order chi connectivity index (χ1) is 16.6. The molecule has 0 heterocycles. The number of carbonyl (C=O) groups is 1. The van der Waals surface area contributed by atoms with Crippen molar-refractivity contribution >= 4 is 33.2 Å². The van der Waals surface area contributed by atoms with Crippen molar-refractivity contribution in [2.75, 3.05) is 24.6 Å². The Morgan fingerprint density at radius 2 is 1.71 bits per heavy atom. The summed E-state index contributed by atoms with van der Waals surface area (Å²) in [6.07, 6.45) is 0. The number of methoxy groups -OCH3 is 1. The number of aryl methyl sites for hydroxylation is 1. The molecule has 0 fully saturated rings. The maximum Gasteiger partial charge on any atom is 0.264 e. The van der Waals surface area contributed by atoms with E-state index < -0.39 is 22.5 Å². The topological polar surface area (TPSA) is 84.9 Å². The molecule has 3 aromatic rings. The van der Waals surface area contributed by atoms with Crippen LogP contribution in [0.2, 0.25) is 5.02 Å². The highest BCUT2D eigenvalue weighted by Crippen LogP contribution is 2.35. The Kier molecular flexibility index (Phi) is 8.64. The second kappa shape index (κ2) is 11.5. The molecule has 0 aliphatic carbocycles. The predicted octanol–water partition coefficient (Wildman–Crippen LogP) is 5.13. The van der Waals surface area contributed by atoms with Gasteiger partial charge in [0, 0.05) is 5.02 Å². The summed E-state index contributed by atoms with van der Waals surface area (Å²) in [6, 6.07) is 18.1. The second-order valence-electron chi connectivity index (χ2n) is 7.93. The van der Waals surface area contributed by atoms with Gasteiger partial charge in [0.05, 0.1) is 30.3 Å². The normalized spacial score (nSPS) is 12.0. The molecule has 186 valence electrons. The van der Waals surface area contributed by atoms with E-state index in [9.17, 15) is 13.2 Å². The SMILES string of the molecule is CCOc1ccc([C@H](C)NC(=O)CN(c2cc(Cl)ccc2OC)S(=O)(=O)c2ccc(C)cc2)cc1. The number of halogens is 1. The van der Waals surface area contributed by atoms with E-state index >= 15 is 0 Å². The number of amides is 1. The van der Waals surface area contributed by atoms with Gasteiger partial charge in [-0.1, -0.05) is 41.4 Å². The van der Waals surface area contributed by atoms with E-state index in [1.165, 1.54) is 25.3 Å². The molecule has 3 aromatic carbocycles. The van der Waals surface area contributed by atoms with Crippen molar-refractivity contribution in [1.29, 1.82) is 0 Å². The molecule has 0 saturated heterocycles. The van der Waals surface area contributed by atoms with Gasteiger partial charge in [-0.3, -0.25) is 9.10 Å². The summed E-state index contributed by atoms with van der Waals surface area (Å²) in [4.78, 5) is 13.1. The summed E-state index contributed by atoms with van der Waals surface area (Å²) in [5.41, 5.74) is 1.94.